The standard InChI is InChI=1S/C27H24N2O5S/c30-25(28-11-13-33-14-12-28)17-29-26(31)24(35-27(29)32)16-19-5-3-9-22(15-19)34-18-21-8-4-7-20-6-1-2-10-23(20)21/h1-10,15-16H,11-14,17-18H2/b24-16-. The first-order valence-electron chi connectivity index (χ1n) is 11.4. The second-order valence-electron chi connectivity index (χ2n) is 8.26. The van der Waals surface area contributed by atoms with Crippen molar-refractivity contribution in [3.8, 4) is 5.75 Å². The Morgan fingerprint density at radius 2 is 1.77 bits per heavy atom. The van der Waals surface area contributed by atoms with Gasteiger partial charge < -0.3 is 14.4 Å². The summed E-state index contributed by atoms with van der Waals surface area (Å²) in [4.78, 5) is 40.7. The lowest BCUT2D eigenvalue weighted by Gasteiger charge is -2.28. The van der Waals surface area contributed by atoms with Crippen LogP contribution in [0.5, 0.6) is 5.75 Å². The summed E-state index contributed by atoms with van der Waals surface area (Å²) in [5.41, 5.74) is 1.82. The second-order valence-corrected chi connectivity index (χ2v) is 9.25. The Bertz CT molecular complexity index is 1310. The molecule has 2 saturated heterocycles. The first-order valence-corrected chi connectivity index (χ1v) is 12.2. The first-order chi connectivity index (χ1) is 17.1. The molecule has 3 aromatic carbocycles. The number of morpholine rings is 1. The summed E-state index contributed by atoms with van der Waals surface area (Å²) in [7, 11) is 0. The number of fused-ring (bicyclic) bond motifs is 1. The first kappa shape index (κ1) is 23.1. The van der Waals surface area contributed by atoms with E-state index in [2.05, 4.69) is 18.2 Å². The van der Waals surface area contributed by atoms with Gasteiger partial charge in [-0.15, -0.1) is 0 Å². The van der Waals surface area contributed by atoms with E-state index in [9.17, 15) is 14.4 Å². The molecule has 0 atom stereocenters. The zero-order chi connectivity index (χ0) is 24.2. The summed E-state index contributed by atoms with van der Waals surface area (Å²) < 4.78 is 11.3. The van der Waals surface area contributed by atoms with Gasteiger partial charge in [-0.25, -0.2) is 0 Å². The molecule has 5 rings (SSSR count). The van der Waals surface area contributed by atoms with E-state index in [0.717, 1.165) is 38.6 Å². The molecule has 0 aromatic heterocycles. The van der Waals surface area contributed by atoms with Crippen LogP contribution in [0.3, 0.4) is 0 Å². The monoisotopic (exact) mass is 488 g/mol. The predicted octanol–water partition coefficient (Wildman–Crippen LogP) is 4.31. The maximum Gasteiger partial charge on any atom is 0.294 e. The predicted molar refractivity (Wildman–Crippen MR) is 135 cm³/mol. The molecule has 0 unspecified atom stereocenters. The van der Waals surface area contributed by atoms with Crippen molar-refractivity contribution in [3.63, 3.8) is 0 Å². The van der Waals surface area contributed by atoms with Crippen molar-refractivity contribution in [1.82, 2.24) is 9.80 Å². The molecule has 0 spiro atoms. The van der Waals surface area contributed by atoms with E-state index in [0.29, 0.717) is 38.7 Å². The number of rotatable bonds is 6. The van der Waals surface area contributed by atoms with Crippen molar-refractivity contribution in [1.29, 1.82) is 0 Å². The summed E-state index contributed by atoms with van der Waals surface area (Å²) in [5.74, 6) is -0.0437. The Morgan fingerprint density at radius 1 is 1.00 bits per heavy atom. The van der Waals surface area contributed by atoms with Crippen LogP contribution in [0.15, 0.2) is 71.6 Å². The summed E-state index contributed by atoms with van der Waals surface area (Å²) in [6.45, 7) is 2.02. The van der Waals surface area contributed by atoms with E-state index in [1.807, 2.05) is 48.5 Å². The van der Waals surface area contributed by atoms with Gasteiger partial charge in [-0.05, 0) is 51.9 Å². The van der Waals surface area contributed by atoms with Gasteiger partial charge in [0.15, 0.2) is 0 Å². The van der Waals surface area contributed by atoms with Crippen molar-refractivity contribution in [2.45, 2.75) is 6.61 Å². The van der Waals surface area contributed by atoms with Crippen molar-refractivity contribution in [2.75, 3.05) is 32.8 Å². The summed E-state index contributed by atoms with van der Waals surface area (Å²) in [6, 6.07) is 21.7. The van der Waals surface area contributed by atoms with Crippen LogP contribution in [-0.4, -0.2) is 59.7 Å². The van der Waals surface area contributed by atoms with Gasteiger partial charge in [0.1, 0.15) is 18.9 Å². The highest BCUT2D eigenvalue weighted by atomic mass is 32.2. The largest absolute Gasteiger partial charge is 0.489 e. The smallest absolute Gasteiger partial charge is 0.294 e. The summed E-state index contributed by atoms with van der Waals surface area (Å²) >= 11 is 0.845. The van der Waals surface area contributed by atoms with E-state index in [1.54, 1.807) is 11.0 Å². The minimum absolute atomic E-state index is 0.249. The molecule has 2 aliphatic rings. The number of nitrogens with zero attached hydrogens (tertiary/aromatic N) is 2. The SMILES string of the molecule is O=C(CN1C(=O)S/C(=C\c2cccc(OCc3cccc4ccccc34)c2)C1=O)N1CCOCC1. The summed E-state index contributed by atoms with van der Waals surface area (Å²) in [5, 5.41) is 1.86. The molecular formula is C27H24N2O5S. The highest BCUT2D eigenvalue weighted by Crippen LogP contribution is 2.33. The fourth-order valence-corrected chi connectivity index (χ4v) is 4.95. The number of carbonyl (C=O) groups excluding carboxylic acids is 3. The van der Waals surface area contributed by atoms with Crippen molar-refractivity contribution in [2.24, 2.45) is 0 Å². The fraction of sp³-hybridized carbons (Fsp3) is 0.222. The highest BCUT2D eigenvalue weighted by Gasteiger charge is 2.37. The Hall–Kier alpha value is -3.62. The Labute approximate surface area is 207 Å². The molecule has 2 heterocycles. The van der Waals surface area contributed by atoms with Gasteiger partial charge in [0.05, 0.1) is 18.1 Å². The molecular weight excluding hydrogens is 464 g/mol. The average molecular weight is 489 g/mol. The molecule has 2 fully saturated rings. The van der Waals surface area contributed by atoms with Crippen LogP contribution in [0, 0.1) is 0 Å². The van der Waals surface area contributed by atoms with E-state index < -0.39 is 11.1 Å². The lowest BCUT2D eigenvalue weighted by Crippen LogP contribution is -2.46. The van der Waals surface area contributed by atoms with E-state index >= 15 is 0 Å². The van der Waals surface area contributed by atoms with Crippen molar-refractivity contribution < 1.29 is 23.9 Å². The maximum absolute atomic E-state index is 12.8. The second kappa shape index (κ2) is 10.3. The molecule has 35 heavy (non-hydrogen) atoms. The minimum atomic E-state index is -0.455. The molecule has 8 heteroatoms. The zero-order valence-electron chi connectivity index (χ0n) is 19.0. The quantitative estimate of drug-likeness (QED) is 0.481. The van der Waals surface area contributed by atoms with Crippen LogP contribution in [0.25, 0.3) is 16.8 Å². The van der Waals surface area contributed by atoms with Gasteiger partial charge >= 0.3 is 0 Å². The number of ether oxygens (including phenoxy) is 2. The highest BCUT2D eigenvalue weighted by molar-refractivity contribution is 8.18. The van der Waals surface area contributed by atoms with E-state index in [4.69, 9.17) is 9.47 Å². The molecule has 3 amide bonds. The number of imide groups is 1. The third-order valence-electron chi connectivity index (χ3n) is 5.96. The lowest BCUT2D eigenvalue weighted by atomic mass is 10.1. The number of carbonyl (C=O) groups is 3. The van der Waals surface area contributed by atoms with Gasteiger partial charge in [-0.1, -0.05) is 54.6 Å². The third kappa shape index (κ3) is 5.23. The van der Waals surface area contributed by atoms with Gasteiger partial charge in [-0.3, -0.25) is 19.3 Å². The minimum Gasteiger partial charge on any atom is -0.489 e. The molecule has 178 valence electrons. The van der Waals surface area contributed by atoms with Crippen LogP contribution in [0.4, 0.5) is 4.79 Å². The van der Waals surface area contributed by atoms with E-state index in [1.165, 1.54) is 0 Å². The zero-order valence-corrected chi connectivity index (χ0v) is 19.8. The van der Waals surface area contributed by atoms with Crippen LogP contribution < -0.4 is 4.74 Å². The van der Waals surface area contributed by atoms with Gasteiger partial charge in [-0.2, -0.15) is 0 Å². The van der Waals surface area contributed by atoms with Gasteiger partial charge in [0.2, 0.25) is 5.91 Å². The van der Waals surface area contributed by atoms with Gasteiger partial charge in [0.25, 0.3) is 11.1 Å². The Kier molecular flexibility index (Phi) is 6.83. The van der Waals surface area contributed by atoms with Crippen LogP contribution in [0.1, 0.15) is 11.1 Å². The molecule has 0 N–H and O–H groups in total. The molecule has 0 saturated carbocycles. The van der Waals surface area contributed by atoms with Crippen molar-refractivity contribution >= 4 is 45.7 Å². The molecule has 0 aliphatic carbocycles. The van der Waals surface area contributed by atoms with E-state index in [-0.39, 0.29) is 17.4 Å². The number of amides is 3. The number of benzene rings is 3. The van der Waals surface area contributed by atoms with Crippen LogP contribution >= 0.6 is 11.8 Å². The maximum atomic E-state index is 12.8. The topological polar surface area (TPSA) is 76.2 Å². The molecule has 2 aliphatic heterocycles. The van der Waals surface area contributed by atoms with Crippen LogP contribution in [-0.2, 0) is 20.9 Å². The normalized spacial score (nSPS) is 17.4. The number of thioether (sulfide) groups is 1. The molecule has 0 bridgehead atoms. The summed E-state index contributed by atoms with van der Waals surface area (Å²) in [6.07, 6.45) is 1.66. The van der Waals surface area contributed by atoms with Gasteiger partial charge in [0, 0.05) is 13.1 Å². The molecule has 0 radical (unpaired) electrons. The lowest BCUT2D eigenvalue weighted by molar-refractivity contribution is -0.139. The molecule has 3 aromatic rings. The fourth-order valence-electron chi connectivity index (χ4n) is 4.11. The number of hydrogen-bond donors (Lipinski definition) is 0. The Morgan fingerprint density at radius 3 is 2.63 bits per heavy atom. The average Bonchev–Trinajstić information content (AvgIpc) is 3.15. The Balaban J connectivity index is 1.26. The molecule has 7 nitrogen and oxygen atoms in total. The number of hydrogen-bond acceptors (Lipinski definition) is 6. The third-order valence-corrected chi connectivity index (χ3v) is 6.87. The van der Waals surface area contributed by atoms with Crippen LogP contribution in [0.2, 0.25) is 0 Å². The van der Waals surface area contributed by atoms with Crippen molar-refractivity contribution in [3.05, 3.63) is 82.8 Å².